The highest BCUT2D eigenvalue weighted by atomic mass is 16.5. The number of piperazine rings is 1. The number of amides is 2. The first-order valence-corrected chi connectivity index (χ1v) is 11.3. The number of hydrogen-bond donors (Lipinski definition) is 0. The molecule has 2 amide bonds. The lowest BCUT2D eigenvalue weighted by Gasteiger charge is -2.36. The van der Waals surface area contributed by atoms with Gasteiger partial charge in [-0.05, 0) is 54.4 Å². The minimum atomic E-state index is -0.0691. The molecule has 6 nitrogen and oxygen atoms in total. The Balaban J connectivity index is 1.22. The quantitative estimate of drug-likeness (QED) is 0.617. The average Bonchev–Trinajstić information content (AvgIpc) is 2.86. The molecule has 3 aromatic carbocycles. The van der Waals surface area contributed by atoms with Gasteiger partial charge in [0.05, 0.1) is 12.2 Å². The van der Waals surface area contributed by atoms with E-state index >= 15 is 0 Å². The zero-order chi connectivity index (χ0) is 22.8. The van der Waals surface area contributed by atoms with E-state index in [1.165, 1.54) is 11.3 Å². The van der Waals surface area contributed by atoms with Crippen molar-refractivity contribution in [1.82, 2.24) is 4.90 Å². The van der Waals surface area contributed by atoms with E-state index in [1.54, 1.807) is 4.90 Å². The SMILES string of the molecule is Cc1cccc(N2CCN(C(=O)c3ccc(CN4C(=O)COc5ccccc54)cc3)CC2)c1. The average molecular weight is 442 g/mol. The van der Waals surface area contributed by atoms with Crippen LogP contribution in [0.3, 0.4) is 0 Å². The first kappa shape index (κ1) is 21.1. The van der Waals surface area contributed by atoms with E-state index < -0.39 is 0 Å². The first-order chi connectivity index (χ1) is 16.1. The van der Waals surface area contributed by atoms with Crippen LogP contribution in [0.25, 0.3) is 0 Å². The van der Waals surface area contributed by atoms with Crippen LogP contribution in [0.2, 0.25) is 0 Å². The number of fused-ring (bicyclic) bond motifs is 1. The fourth-order valence-corrected chi connectivity index (χ4v) is 4.44. The lowest BCUT2D eigenvalue weighted by Crippen LogP contribution is -2.48. The lowest BCUT2D eigenvalue weighted by molar-refractivity contribution is -0.121. The van der Waals surface area contributed by atoms with E-state index in [-0.39, 0.29) is 18.4 Å². The maximum atomic E-state index is 13.0. The highest BCUT2D eigenvalue weighted by Crippen LogP contribution is 2.32. The smallest absolute Gasteiger partial charge is 0.265 e. The number of hydrogen-bond acceptors (Lipinski definition) is 4. The second-order valence-electron chi connectivity index (χ2n) is 8.55. The summed E-state index contributed by atoms with van der Waals surface area (Å²) in [5.41, 5.74) is 4.89. The van der Waals surface area contributed by atoms with Crippen molar-refractivity contribution in [2.24, 2.45) is 0 Å². The summed E-state index contributed by atoms with van der Waals surface area (Å²) in [6.07, 6.45) is 0. The number of nitrogens with zero attached hydrogens (tertiary/aromatic N) is 3. The van der Waals surface area contributed by atoms with E-state index in [0.717, 1.165) is 24.3 Å². The van der Waals surface area contributed by atoms with Gasteiger partial charge in [0.25, 0.3) is 11.8 Å². The Morgan fingerprint density at radius 1 is 0.909 bits per heavy atom. The topological polar surface area (TPSA) is 53.1 Å². The minimum Gasteiger partial charge on any atom is -0.482 e. The monoisotopic (exact) mass is 441 g/mol. The molecule has 6 heteroatoms. The molecular weight excluding hydrogens is 414 g/mol. The molecule has 0 radical (unpaired) electrons. The third-order valence-electron chi connectivity index (χ3n) is 6.28. The van der Waals surface area contributed by atoms with E-state index in [4.69, 9.17) is 4.74 Å². The molecule has 2 aliphatic rings. The number of benzene rings is 3. The molecular formula is C27H27N3O3. The number of rotatable bonds is 4. The molecule has 0 spiro atoms. The van der Waals surface area contributed by atoms with Gasteiger partial charge in [0.2, 0.25) is 0 Å². The van der Waals surface area contributed by atoms with Gasteiger partial charge in [0.15, 0.2) is 6.61 Å². The third kappa shape index (κ3) is 4.42. The van der Waals surface area contributed by atoms with Gasteiger partial charge < -0.3 is 19.4 Å². The van der Waals surface area contributed by atoms with Crippen LogP contribution in [0.1, 0.15) is 21.5 Å². The van der Waals surface area contributed by atoms with Crippen molar-refractivity contribution in [2.45, 2.75) is 13.5 Å². The summed E-state index contributed by atoms with van der Waals surface area (Å²) >= 11 is 0. The van der Waals surface area contributed by atoms with E-state index in [2.05, 4.69) is 36.1 Å². The Labute approximate surface area is 194 Å². The van der Waals surface area contributed by atoms with Crippen LogP contribution in [-0.2, 0) is 11.3 Å². The highest BCUT2D eigenvalue weighted by molar-refractivity contribution is 5.98. The summed E-state index contributed by atoms with van der Waals surface area (Å²) in [5.74, 6) is 0.701. The van der Waals surface area contributed by atoms with Crippen molar-refractivity contribution in [3.63, 3.8) is 0 Å². The molecule has 0 saturated carbocycles. The van der Waals surface area contributed by atoms with Crippen molar-refractivity contribution in [3.05, 3.63) is 89.5 Å². The van der Waals surface area contributed by atoms with Crippen LogP contribution < -0.4 is 14.5 Å². The van der Waals surface area contributed by atoms with E-state index in [9.17, 15) is 9.59 Å². The molecule has 3 aromatic rings. The van der Waals surface area contributed by atoms with Gasteiger partial charge in [-0.1, -0.05) is 36.4 Å². The predicted octanol–water partition coefficient (Wildman–Crippen LogP) is 3.88. The van der Waals surface area contributed by atoms with E-state index in [1.807, 2.05) is 53.4 Å². The van der Waals surface area contributed by atoms with E-state index in [0.29, 0.717) is 30.9 Å². The molecule has 0 bridgehead atoms. The second-order valence-corrected chi connectivity index (χ2v) is 8.55. The number of anilines is 2. The zero-order valence-corrected chi connectivity index (χ0v) is 18.7. The fraction of sp³-hybridized carbons (Fsp3) is 0.259. The molecule has 0 atom stereocenters. The predicted molar refractivity (Wildman–Crippen MR) is 129 cm³/mol. The summed E-state index contributed by atoms with van der Waals surface area (Å²) in [5, 5.41) is 0. The minimum absolute atomic E-state index is 0.0438. The molecule has 2 aliphatic heterocycles. The number of carbonyl (C=O) groups is 2. The van der Waals surface area contributed by atoms with Gasteiger partial charge in [-0.15, -0.1) is 0 Å². The largest absolute Gasteiger partial charge is 0.482 e. The first-order valence-electron chi connectivity index (χ1n) is 11.3. The highest BCUT2D eigenvalue weighted by Gasteiger charge is 2.26. The summed E-state index contributed by atoms with van der Waals surface area (Å²) in [4.78, 5) is 31.5. The lowest BCUT2D eigenvalue weighted by atomic mass is 10.1. The van der Waals surface area contributed by atoms with Crippen molar-refractivity contribution < 1.29 is 14.3 Å². The molecule has 1 saturated heterocycles. The Bertz CT molecular complexity index is 1170. The van der Waals surface area contributed by atoms with Crippen molar-refractivity contribution in [3.8, 4) is 5.75 Å². The van der Waals surface area contributed by atoms with Crippen molar-refractivity contribution in [1.29, 1.82) is 0 Å². The molecule has 0 aliphatic carbocycles. The molecule has 2 heterocycles. The zero-order valence-electron chi connectivity index (χ0n) is 18.7. The number of ether oxygens (including phenoxy) is 1. The summed E-state index contributed by atoms with van der Waals surface area (Å²) in [7, 11) is 0. The normalized spacial score (nSPS) is 15.8. The summed E-state index contributed by atoms with van der Waals surface area (Å²) < 4.78 is 5.52. The van der Waals surface area contributed by atoms with Crippen LogP contribution in [0, 0.1) is 6.92 Å². The van der Waals surface area contributed by atoms with Gasteiger partial charge in [-0.25, -0.2) is 0 Å². The van der Waals surface area contributed by atoms with Gasteiger partial charge in [0.1, 0.15) is 5.75 Å². The van der Waals surface area contributed by atoms with Crippen LogP contribution in [0.4, 0.5) is 11.4 Å². The van der Waals surface area contributed by atoms with Gasteiger partial charge >= 0.3 is 0 Å². The molecule has 0 aromatic heterocycles. The molecule has 1 fully saturated rings. The van der Waals surface area contributed by atoms with Crippen molar-refractivity contribution >= 4 is 23.2 Å². The van der Waals surface area contributed by atoms with Crippen LogP contribution in [0.15, 0.2) is 72.8 Å². The second kappa shape index (κ2) is 8.98. The Kier molecular flexibility index (Phi) is 5.73. The molecule has 0 unspecified atom stereocenters. The molecule has 5 rings (SSSR count). The third-order valence-corrected chi connectivity index (χ3v) is 6.28. The Morgan fingerprint density at radius 2 is 1.67 bits per heavy atom. The van der Waals surface area contributed by atoms with Crippen LogP contribution in [0.5, 0.6) is 5.75 Å². The maximum Gasteiger partial charge on any atom is 0.265 e. The van der Waals surface area contributed by atoms with Gasteiger partial charge in [0, 0.05) is 37.4 Å². The van der Waals surface area contributed by atoms with Gasteiger partial charge in [-0.3, -0.25) is 9.59 Å². The Hall–Kier alpha value is -3.80. The van der Waals surface area contributed by atoms with Crippen LogP contribution >= 0.6 is 0 Å². The molecule has 33 heavy (non-hydrogen) atoms. The number of aryl methyl sites for hydroxylation is 1. The Morgan fingerprint density at radius 3 is 2.42 bits per heavy atom. The fourth-order valence-electron chi connectivity index (χ4n) is 4.44. The summed E-state index contributed by atoms with van der Waals surface area (Å²) in [6.45, 7) is 5.64. The van der Waals surface area contributed by atoms with Crippen molar-refractivity contribution in [2.75, 3.05) is 42.6 Å². The molecule has 0 N–H and O–H groups in total. The maximum absolute atomic E-state index is 13.0. The molecule has 168 valence electrons. The van der Waals surface area contributed by atoms with Crippen LogP contribution in [-0.4, -0.2) is 49.5 Å². The summed E-state index contributed by atoms with van der Waals surface area (Å²) in [6, 6.07) is 23.6. The number of para-hydroxylation sites is 2. The number of carbonyl (C=O) groups excluding carboxylic acids is 2. The van der Waals surface area contributed by atoms with Gasteiger partial charge in [-0.2, -0.15) is 0 Å². The standard InChI is InChI=1S/C27H27N3O3/c1-20-5-4-6-23(17-20)28-13-15-29(16-14-28)27(32)22-11-9-21(10-12-22)18-30-24-7-2-3-8-25(24)33-19-26(30)31/h2-12,17H,13-16,18-19H2,1H3.